The molecule has 1 aliphatic heterocycles. The SMILES string of the molecule is O=S(=O)(O)C1=C(c2ccccc2)C=c2c(c3[nH]c2=Nc2[nH]c(c4c2C(=S)C=CC=4)=Nc2[nH]c(c4cccc(S)c24)Nc2[nH]c(c4c2C(=S)C=CC=4)=N3)C1=S. The molecule has 8 bridgehead atoms. The van der Waals surface area contributed by atoms with Gasteiger partial charge in [-0.3, -0.25) is 4.55 Å². The average molecular weight is 799 g/mol. The maximum Gasteiger partial charge on any atom is 0.296 e. The zero-order valence-corrected chi connectivity index (χ0v) is 31.5. The summed E-state index contributed by atoms with van der Waals surface area (Å²) in [6.45, 7) is 0. The summed E-state index contributed by atoms with van der Waals surface area (Å²) in [6.07, 6.45) is 12.8. The van der Waals surface area contributed by atoms with Crippen LogP contribution in [-0.4, -0.2) is 47.5 Å². The molecule has 0 saturated carbocycles. The van der Waals surface area contributed by atoms with Gasteiger partial charge in [0.1, 0.15) is 50.5 Å². The number of rotatable bonds is 2. The van der Waals surface area contributed by atoms with Gasteiger partial charge in [0, 0.05) is 63.3 Å². The third-order valence-corrected chi connectivity index (χ3v) is 12.1. The molecule has 0 fully saturated rings. The number of nitrogens with one attached hydrogen (secondary N) is 5. The lowest BCUT2D eigenvalue weighted by atomic mass is 9.96. The highest BCUT2D eigenvalue weighted by Gasteiger charge is 2.32. The number of anilines is 2. The summed E-state index contributed by atoms with van der Waals surface area (Å²) >= 11 is 22.4. The Bertz CT molecular complexity index is 3400. The summed E-state index contributed by atoms with van der Waals surface area (Å²) in [5, 5.41) is 7.04. The van der Waals surface area contributed by atoms with Crippen molar-refractivity contribution in [3.05, 3.63) is 132 Å². The van der Waals surface area contributed by atoms with E-state index < -0.39 is 15.0 Å². The molecule has 6 N–H and O–H groups in total. The van der Waals surface area contributed by atoms with E-state index in [1.807, 2.05) is 60.7 Å². The van der Waals surface area contributed by atoms with Gasteiger partial charge in [-0.1, -0.05) is 103 Å². The molecular weight excluding hydrogens is 777 g/mol. The van der Waals surface area contributed by atoms with Crippen molar-refractivity contribution < 1.29 is 13.0 Å². The Morgan fingerprint density at radius 3 is 2.02 bits per heavy atom. The van der Waals surface area contributed by atoms with E-state index in [1.165, 1.54) is 0 Å². The molecule has 0 amide bonds. The van der Waals surface area contributed by atoms with Gasteiger partial charge in [-0.05, 0) is 29.9 Å². The molecule has 5 heterocycles. The molecule has 0 spiro atoms. The van der Waals surface area contributed by atoms with Gasteiger partial charge in [0.25, 0.3) is 10.1 Å². The van der Waals surface area contributed by atoms with Crippen molar-refractivity contribution in [2.45, 2.75) is 4.90 Å². The fourth-order valence-corrected chi connectivity index (χ4v) is 9.57. The third-order valence-electron chi connectivity index (χ3n) is 9.55. The number of aromatic amines is 4. The topological polar surface area (TPSA) is 167 Å². The number of hydrogen-bond donors (Lipinski definition) is 7. The number of hydrogen-bond acceptors (Lipinski definition) is 10. The maximum absolute atomic E-state index is 13.1. The van der Waals surface area contributed by atoms with E-state index >= 15 is 0 Å². The smallest absolute Gasteiger partial charge is 0.296 e. The molecule has 4 aromatic heterocycles. The van der Waals surface area contributed by atoms with Crippen molar-refractivity contribution in [2.24, 2.45) is 15.0 Å². The Labute approximate surface area is 325 Å². The van der Waals surface area contributed by atoms with Gasteiger partial charge in [-0.2, -0.15) is 8.42 Å². The number of allylic oxidation sites excluding steroid dienone is 6. The van der Waals surface area contributed by atoms with Crippen LogP contribution in [0.25, 0.3) is 34.6 Å². The first kappa shape index (κ1) is 33.0. The number of fused-ring (bicyclic) bond motifs is 20. The highest BCUT2D eigenvalue weighted by Crippen LogP contribution is 2.38. The molecule has 16 heteroatoms. The van der Waals surface area contributed by atoms with E-state index in [0.29, 0.717) is 76.6 Å². The van der Waals surface area contributed by atoms with Gasteiger partial charge in [-0.15, -0.1) is 12.6 Å². The molecule has 11 nitrogen and oxygen atoms in total. The van der Waals surface area contributed by atoms with Gasteiger partial charge in [0.05, 0.1) is 4.86 Å². The quantitative estimate of drug-likeness (QED) is 0.0779. The number of aromatic nitrogens is 4. The predicted molar refractivity (Wildman–Crippen MR) is 224 cm³/mol. The summed E-state index contributed by atoms with van der Waals surface area (Å²) in [6, 6.07) is 14.6. The van der Waals surface area contributed by atoms with Crippen LogP contribution in [0.1, 0.15) is 22.3 Å². The van der Waals surface area contributed by atoms with Crippen molar-refractivity contribution in [3.8, 4) is 0 Å². The summed E-state index contributed by atoms with van der Waals surface area (Å²) < 4.78 is 36.8. The normalized spacial score (nSPS) is 15.6. The molecule has 0 unspecified atom stereocenters. The molecule has 4 aliphatic rings. The minimum atomic E-state index is -4.82. The Kier molecular flexibility index (Phi) is 7.30. The molecule has 0 radical (unpaired) electrons. The minimum absolute atomic E-state index is 0.120. The van der Waals surface area contributed by atoms with Gasteiger partial charge in [0.15, 0.2) is 0 Å². The highest BCUT2D eigenvalue weighted by molar-refractivity contribution is 7.94. The second kappa shape index (κ2) is 11.9. The molecule has 54 heavy (non-hydrogen) atoms. The Hall–Kier alpha value is -5.62. The third kappa shape index (κ3) is 4.99. The first-order chi connectivity index (χ1) is 26.0. The van der Waals surface area contributed by atoms with Gasteiger partial charge in [0.2, 0.25) is 0 Å². The second-order valence-electron chi connectivity index (χ2n) is 12.7. The van der Waals surface area contributed by atoms with Crippen LogP contribution in [0.15, 0.2) is 97.6 Å². The Morgan fingerprint density at radius 2 is 1.30 bits per heavy atom. The molecule has 2 aromatic carbocycles. The fraction of sp³-hybridized carbons (Fsp3) is 0. The van der Waals surface area contributed by atoms with E-state index in [-0.39, 0.29) is 21.8 Å². The number of thiol groups is 1. The number of H-pyrrole nitrogens is 4. The van der Waals surface area contributed by atoms with Crippen molar-refractivity contribution in [2.75, 3.05) is 5.32 Å². The molecule has 262 valence electrons. The zero-order chi connectivity index (χ0) is 37.0. The maximum atomic E-state index is 13.1. The Balaban J connectivity index is 1.39. The predicted octanol–water partition coefficient (Wildman–Crippen LogP) is 4.30. The van der Waals surface area contributed by atoms with Crippen LogP contribution in [0.4, 0.5) is 29.1 Å². The van der Waals surface area contributed by atoms with Crippen molar-refractivity contribution in [3.63, 3.8) is 0 Å². The first-order valence-electron chi connectivity index (χ1n) is 16.4. The highest BCUT2D eigenvalue weighted by atomic mass is 32.2. The largest absolute Gasteiger partial charge is 0.327 e. The fourth-order valence-electron chi connectivity index (χ4n) is 7.26. The van der Waals surface area contributed by atoms with Crippen LogP contribution < -0.4 is 37.4 Å². The second-order valence-corrected chi connectivity index (χ2v) is 15.8. The van der Waals surface area contributed by atoms with Crippen LogP contribution in [0.2, 0.25) is 0 Å². The lowest BCUT2D eigenvalue weighted by Gasteiger charge is -2.16. The summed E-state index contributed by atoms with van der Waals surface area (Å²) in [5.74, 6) is 2.36. The summed E-state index contributed by atoms with van der Waals surface area (Å²) in [7, 11) is -4.82. The molecule has 6 aromatic rings. The van der Waals surface area contributed by atoms with Gasteiger partial charge in [-0.25, -0.2) is 15.0 Å². The summed E-state index contributed by atoms with van der Waals surface area (Å²) in [5.41, 5.74) is 3.61. The molecule has 10 rings (SSSR count). The number of nitrogens with zero attached hydrogens (tertiary/aromatic N) is 3. The van der Waals surface area contributed by atoms with Crippen LogP contribution in [0.5, 0.6) is 0 Å². The van der Waals surface area contributed by atoms with Crippen molar-refractivity contribution in [1.82, 2.24) is 19.9 Å². The molecule has 0 atom stereocenters. The monoisotopic (exact) mass is 798 g/mol. The van der Waals surface area contributed by atoms with E-state index in [2.05, 4.69) is 25.3 Å². The van der Waals surface area contributed by atoms with Gasteiger partial charge >= 0.3 is 0 Å². The zero-order valence-electron chi connectivity index (χ0n) is 27.3. The van der Waals surface area contributed by atoms with Crippen molar-refractivity contribution in [1.29, 1.82) is 0 Å². The molecular formula is C38H22N8O3S5. The lowest BCUT2D eigenvalue weighted by Crippen LogP contribution is -2.32. The van der Waals surface area contributed by atoms with E-state index in [1.54, 1.807) is 30.3 Å². The van der Waals surface area contributed by atoms with Crippen LogP contribution in [0, 0.1) is 0 Å². The van der Waals surface area contributed by atoms with E-state index in [0.717, 1.165) is 20.9 Å². The van der Waals surface area contributed by atoms with Crippen LogP contribution >= 0.6 is 49.3 Å². The minimum Gasteiger partial charge on any atom is -0.327 e. The summed E-state index contributed by atoms with van der Waals surface area (Å²) in [4.78, 5) is 30.1. The van der Waals surface area contributed by atoms with Gasteiger partial charge < -0.3 is 25.3 Å². The van der Waals surface area contributed by atoms with E-state index in [4.69, 9.17) is 64.3 Å². The van der Waals surface area contributed by atoms with Crippen LogP contribution in [-0.2, 0) is 10.1 Å². The van der Waals surface area contributed by atoms with E-state index in [9.17, 15) is 13.0 Å². The first-order valence-corrected chi connectivity index (χ1v) is 19.5. The molecule has 0 saturated heterocycles. The van der Waals surface area contributed by atoms with Crippen molar-refractivity contribution >= 4 is 138 Å². The average Bonchev–Trinajstić information content (AvgIpc) is 3.88. The number of benzene rings is 2. The lowest BCUT2D eigenvalue weighted by molar-refractivity contribution is 0.493. The standard InChI is InChI=1S/C38H22N8O3S5/c47-54(48,49)30-20(16-7-2-1-3-8-16)15-21-28(29(30)53)38-44-33-19-11-6-13-23(51)26(19)36(43-33)40-31-17-9-4-12-22(50)25(17)35(39-31)41-32-18-10-5-14-24(52)27(18)37(42-32)45-34(21)46-38/h1-15,39-40,50H,(H,41,42)(H,43,44)(H,45,46)(H,47,48,49). The Morgan fingerprint density at radius 1 is 0.667 bits per heavy atom. The van der Waals surface area contributed by atoms with Crippen LogP contribution in [0.3, 0.4) is 0 Å². The molecule has 3 aliphatic carbocycles. The number of thiocarbonyl (C=S) groups is 3.